The maximum atomic E-state index is 13.2. The van der Waals surface area contributed by atoms with Crippen LogP contribution in [0.1, 0.15) is 37.7 Å². The Morgan fingerprint density at radius 2 is 1.96 bits per heavy atom. The van der Waals surface area contributed by atoms with Crippen molar-refractivity contribution >= 4 is 11.8 Å². The summed E-state index contributed by atoms with van der Waals surface area (Å²) in [4.78, 5) is 26.9. The molecule has 2 amide bonds. The summed E-state index contributed by atoms with van der Waals surface area (Å²) in [5.74, 6) is 1.81. The zero-order valence-corrected chi connectivity index (χ0v) is 16.3. The highest BCUT2D eigenvalue weighted by molar-refractivity contribution is 5.80. The van der Waals surface area contributed by atoms with Gasteiger partial charge in [-0.15, -0.1) is 0 Å². The molecular formula is C23H29FN2O2. The van der Waals surface area contributed by atoms with Crippen LogP contribution in [0.15, 0.2) is 36.4 Å². The molecule has 2 bridgehead atoms. The second kappa shape index (κ2) is 8.46. The summed E-state index contributed by atoms with van der Waals surface area (Å²) in [6, 6.07) is 6.40. The normalized spacial score (nSPS) is 26.6. The molecule has 1 saturated heterocycles. The molecule has 1 aromatic rings. The third-order valence-electron chi connectivity index (χ3n) is 6.64. The number of rotatable bonds is 6. The van der Waals surface area contributed by atoms with Crippen LogP contribution in [0.4, 0.5) is 4.39 Å². The Bertz CT molecular complexity index is 755. The standard InChI is InChI=1S/C23H29FN2O2/c24-20-3-1-2-16(13-20)5-7-22(27)25-15-17-8-10-26(11-9-17)23(28)21-14-18-4-6-19(21)12-18/h1-4,6,13,17-19,21H,5,7-12,14-15H2,(H,25,27)/t18-,19+,21+/m1/s1. The van der Waals surface area contributed by atoms with Gasteiger partial charge in [-0.05, 0) is 67.6 Å². The SMILES string of the molecule is O=C(CCc1cccc(F)c1)NCC1CCN(C(=O)[C@H]2C[C@@H]3C=C[C@H]2C3)CC1. The Morgan fingerprint density at radius 1 is 1.14 bits per heavy atom. The predicted octanol–water partition coefficient (Wildman–Crippen LogP) is 3.33. The number of halogens is 1. The summed E-state index contributed by atoms with van der Waals surface area (Å²) in [6.07, 6.45) is 9.53. The van der Waals surface area contributed by atoms with Crippen molar-refractivity contribution in [1.82, 2.24) is 10.2 Å². The molecule has 0 aromatic heterocycles. The molecule has 2 fully saturated rings. The molecule has 0 spiro atoms. The molecule has 4 rings (SSSR count). The Balaban J connectivity index is 1.15. The Kier molecular flexibility index (Phi) is 5.79. The number of nitrogens with zero attached hydrogens (tertiary/aromatic N) is 1. The highest BCUT2D eigenvalue weighted by atomic mass is 19.1. The molecule has 1 N–H and O–H groups in total. The van der Waals surface area contributed by atoms with Crippen molar-refractivity contribution < 1.29 is 14.0 Å². The minimum atomic E-state index is -0.263. The molecule has 1 aliphatic heterocycles. The van der Waals surface area contributed by atoms with Crippen molar-refractivity contribution in [2.24, 2.45) is 23.7 Å². The lowest BCUT2D eigenvalue weighted by Gasteiger charge is -2.34. The van der Waals surface area contributed by atoms with Crippen molar-refractivity contribution in [3.05, 3.63) is 47.8 Å². The first-order valence-electron chi connectivity index (χ1n) is 10.6. The third-order valence-corrected chi connectivity index (χ3v) is 6.64. The van der Waals surface area contributed by atoms with Crippen molar-refractivity contribution in [1.29, 1.82) is 0 Å². The van der Waals surface area contributed by atoms with Gasteiger partial charge < -0.3 is 10.2 Å². The van der Waals surface area contributed by atoms with Crippen LogP contribution in [0.5, 0.6) is 0 Å². The molecule has 1 saturated carbocycles. The lowest BCUT2D eigenvalue weighted by Crippen LogP contribution is -2.44. The van der Waals surface area contributed by atoms with Crippen molar-refractivity contribution in [3.63, 3.8) is 0 Å². The second-order valence-corrected chi connectivity index (χ2v) is 8.59. The van der Waals surface area contributed by atoms with Crippen molar-refractivity contribution in [2.45, 2.75) is 38.5 Å². The van der Waals surface area contributed by atoms with Gasteiger partial charge in [-0.1, -0.05) is 24.3 Å². The van der Waals surface area contributed by atoms with E-state index in [9.17, 15) is 14.0 Å². The Hall–Kier alpha value is -2.17. The summed E-state index contributed by atoms with van der Waals surface area (Å²) in [5, 5.41) is 3.01. The van der Waals surface area contributed by atoms with Gasteiger partial charge in [0, 0.05) is 32.0 Å². The molecule has 5 heteroatoms. The van der Waals surface area contributed by atoms with Gasteiger partial charge in [0.1, 0.15) is 5.82 Å². The summed E-state index contributed by atoms with van der Waals surface area (Å²) in [7, 11) is 0. The van der Waals surface area contributed by atoms with Crippen LogP contribution in [0.3, 0.4) is 0 Å². The lowest BCUT2D eigenvalue weighted by atomic mass is 9.90. The topological polar surface area (TPSA) is 49.4 Å². The Morgan fingerprint density at radius 3 is 2.64 bits per heavy atom. The van der Waals surface area contributed by atoms with E-state index in [1.807, 2.05) is 11.0 Å². The number of piperidine rings is 1. The number of amides is 2. The molecule has 2 aliphatic carbocycles. The zero-order chi connectivity index (χ0) is 19.5. The molecule has 3 atom stereocenters. The highest BCUT2D eigenvalue weighted by Crippen LogP contribution is 2.44. The number of aryl methyl sites for hydroxylation is 1. The molecule has 1 heterocycles. The number of allylic oxidation sites excluding steroid dienone is 2. The summed E-state index contributed by atoms with van der Waals surface area (Å²) >= 11 is 0. The number of nitrogens with one attached hydrogen (secondary N) is 1. The number of fused-ring (bicyclic) bond motifs is 2. The fourth-order valence-electron chi connectivity index (χ4n) is 4.95. The van der Waals surface area contributed by atoms with Gasteiger partial charge in [0.25, 0.3) is 0 Å². The first-order valence-corrected chi connectivity index (χ1v) is 10.6. The van der Waals surface area contributed by atoms with E-state index in [2.05, 4.69) is 17.5 Å². The summed E-state index contributed by atoms with van der Waals surface area (Å²) in [5.41, 5.74) is 0.845. The molecule has 3 aliphatic rings. The molecular weight excluding hydrogens is 355 g/mol. The van der Waals surface area contributed by atoms with E-state index < -0.39 is 0 Å². The van der Waals surface area contributed by atoms with Crippen molar-refractivity contribution in [3.8, 4) is 0 Å². The Labute approximate surface area is 166 Å². The second-order valence-electron chi connectivity index (χ2n) is 8.59. The van der Waals surface area contributed by atoms with E-state index in [0.717, 1.165) is 44.3 Å². The average molecular weight is 384 g/mol. The minimum absolute atomic E-state index is 0.0107. The van der Waals surface area contributed by atoms with Crippen LogP contribution >= 0.6 is 0 Å². The number of likely N-dealkylation sites (tertiary alicyclic amines) is 1. The van der Waals surface area contributed by atoms with Gasteiger partial charge in [-0.2, -0.15) is 0 Å². The molecule has 0 radical (unpaired) electrons. The quantitative estimate of drug-likeness (QED) is 0.765. The van der Waals surface area contributed by atoms with E-state index in [1.54, 1.807) is 6.07 Å². The van der Waals surface area contributed by atoms with Gasteiger partial charge >= 0.3 is 0 Å². The van der Waals surface area contributed by atoms with Gasteiger partial charge in [-0.3, -0.25) is 9.59 Å². The lowest BCUT2D eigenvalue weighted by molar-refractivity contribution is -0.138. The van der Waals surface area contributed by atoms with E-state index in [4.69, 9.17) is 0 Å². The van der Waals surface area contributed by atoms with Gasteiger partial charge in [0.05, 0.1) is 0 Å². The van der Waals surface area contributed by atoms with Crippen LogP contribution < -0.4 is 5.32 Å². The largest absolute Gasteiger partial charge is 0.356 e. The fraction of sp³-hybridized carbons (Fsp3) is 0.565. The van der Waals surface area contributed by atoms with Gasteiger partial charge in [0.15, 0.2) is 0 Å². The highest BCUT2D eigenvalue weighted by Gasteiger charge is 2.41. The van der Waals surface area contributed by atoms with Crippen LogP contribution in [-0.4, -0.2) is 36.3 Å². The van der Waals surface area contributed by atoms with Crippen LogP contribution in [0.2, 0.25) is 0 Å². The van der Waals surface area contributed by atoms with E-state index in [-0.39, 0.29) is 17.6 Å². The summed E-state index contributed by atoms with van der Waals surface area (Å²) < 4.78 is 13.2. The molecule has 28 heavy (non-hydrogen) atoms. The molecule has 1 aromatic carbocycles. The van der Waals surface area contributed by atoms with Gasteiger partial charge in [0.2, 0.25) is 11.8 Å². The smallest absolute Gasteiger partial charge is 0.226 e. The monoisotopic (exact) mass is 384 g/mol. The van der Waals surface area contributed by atoms with Gasteiger partial charge in [-0.25, -0.2) is 4.39 Å². The van der Waals surface area contributed by atoms with Crippen molar-refractivity contribution in [2.75, 3.05) is 19.6 Å². The molecule has 0 unspecified atom stereocenters. The maximum absolute atomic E-state index is 13.2. The average Bonchev–Trinajstić information content (AvgIpc) is 3.34. The van der Waals surface area contributed by atoms with E-state index in [1.165, 1.54) is 12.1 Å². The van der Waals surface area contributed by atoms with Crippen LogP contribution in [0.25, 0.3) is 0 Å². The first-order chi connectivity index (χ1) is 13.6. The molecule has 150 valence electrons. The number of hydrogen-bond acceptors (Lipinski definition) is 2. The fourth-order valence-corrected chi connectivity index (χ4v) is 4.95. The third kappa shape index (κ3) is 4.45. The van der Waals surface area contributed by atoms with E-state index >= 15 is 0 Å². The number of benzene rings is 1. The number of carbonyl (C=O) groups is 2. The zero-order valence-electron chi connectivity index (χ0n) is 16.3. The van der Waals surface area contributed by atoms with Crippen LogP contribution in [-0.2, 0) is 16.0 Å². The maximum Gasteiger partial charge on any atom is 0.226 e. The number of carbonyl (C=O) groups excluding carboxylic acids is 2. The predicted molar refractivity (Wildman–Crippen MR) is 106 cm³/mol. The van der Waals surface area contributed by atoms with E-state index in [0.29, 0.717) is 43.0 Å². The molecule has 4 nitrogen and oxygen atoms in total. The summed E-state index contributed by atoms with van der Waals surface area (Å²) in [6.45, 7) is 2.28. The number of hydrogen-bond donors (Lipinski definition) is 1. The van der Waals surface area contributed by atoms with Crippen LogP contribution in [0, 0.1) is 29.5 Å². The minimum Gasteiger partial charge on any atom is -0.356 e. The first kappa shape index (κ1) is 19.2.